The van der Waals surface area contributed by atoms with Crippen LogP contribution in [-0.4, -0.2) is 57.1 Å². The van der Waals surface area contributed by atoms with E-state index in [1.807, 2.05) is 54.6 Å². The minimum Gasteiger partial charge on any atom is -0.497 e. The molecule has 0 radical (unpaired) electrons. The molecule has 3 aromatic rings. The molecular formula is C31H36BrN3O5S. The molecule has 0 saturated heterocycles. The number of rotatable bonds is 12. The number of nitrogens with zero attached hydrogens (tertiary/aromatic N) is 2. The van der Waals surface area contributed by atoms with Crippen LogP contribution in [0.25, 0.3) is 0 Å². The highest BCUT2D eigenvalue weighted by molar-refractivity contribution is 9.10. The first-order chi connectivity index (χ1) is 19.6. The number of methoxy groups -OCH3 is 1. The Morgan fingerprint density at radius 1 is 0.976 bits per heavy atom. The Hall–Kier alpha value is -3.37. The van der Waals surface area contributed by atoms with Gasteiger partial charge in [0.2, 0.25) is 21.8 Å². The lowest BCUT2D eigenvalue weighted by atomic mass is 10.0. The maximum atomic E-state index is 14.2. The van der Waals surface area contributed by atoms with Gasteiger partial charge in [0.25, 0.3) is 0 Å². The van der Waals surface area contributed by atoms with Crippen molar-refractivity contribution in [1.82, 2.24) is 10.2 Å². The van der Waals surface area contributed by atoms with Crippen LogP contribution in [0.5, 0.6) is 5.75 Å². The van der Waals surface area contributed by atoms with Crippen molar-refractivity contribution in [2.24, 2.45) is 0 Å². The van der Waals surface area contributed by atoms with Gasteiger partial charge in [0.1, 0.15) is 18.3 Å². The Kier molecular flexibility index (Phi) is 10.4. The van der Waals surface area contributed by atoms with Crippen molar-refractivity contribution in [3.05, 3.63) is 94.5 Å². The first kappa shape index (κ1) is 30.6. The predicted molar refractivity (Wildman–Crippen MR) is 164 cm³/mol. The number of hydrogen-bond donors (Lipinski definition) is 1. The third-order valence-corrected chi connectivity index (χ3v) is 8.93. The minimum absolute atomic E-state index is 0.0645. The van der Waals surface area contributed by atoms with Crippen molar-refractivity contribution in [1.29, 1.82) is 0 Å². The number of amides is 2. The van der Waals surface area contributed by atoms with Gasteiger partial charge in [-0.2, -0.15) is 0 Å². The number of halogens is 1. The lowest BCUT2D eigenvalue weighted by Crippen LogP contribution is -2.54. The van der Waals surface area contributed by atoms with E-state index in [2.05, 4.69) is 21.2 Å². The molecule has 0 spiro atoms. The second-order valence-corrected chi connectivity index (χ2v) is 13.1. The summed E-state index contributed by atoms with van der Waals surface area (Å²) >= 11 is 3.45. The van der Waals surface area contributed by atoms with Gasteiger partial charge in [0, 0.05) is 29.5 Å². The highest BCUT2D eigenvalue weighted by atomic mass is 79.9. The summed E-state index contributed by atoms with van der Waals surface area (Å²) in [4.78, 5) is 29.6. The van der Waals surface area contributed by atoms with Crippen LogP contribution >= 0.6 is 15.9 Å². The minimum atomic E-state index is -3.85. The van der Waals surface area contributed by atoms with Gasteiger partial charge in [0.15, 0.2) is 0 Å². The maximum absolute atomic E-state index is 14.2. The molecule has 1 saturated carbocycles. The monoisotopic (exact) mass is 641 g/mol. The van der Waals surface area contributed by atoms with Gasteiger partial charge in [-0.3, -0.25) is 13.9 Å². The fraction of sp³-hybridized carbons (Fsp3) is 0.355. The normalized spacial score (nSPS) is 14.3. The number of sulfonamides is 1. The Bertz CT molecular complexity index is 1430. The van der Waals surface area contributed by atoms with Crippen LogP contribution in [0.3, 0.4) is 0 Å². The lowest BCUT2D eigenvalue weighted by Gasteiger charge is -2.34. The van der Waals surface area contributed by atoms with Gasteiger partial charge >= 0.3 is 0 Å². The van der Waals surface area contributed by atoms with Crippen molar-refractivity contribution >= 4 is 43.5 Å². The molecule has 0 heterocycles. The fourth-order valence-electron chi connectivity index (χ4n) is 5.09. The van der Waals surface area contributed by atoms with Crippen LogP contribution in [0.1, 0.15) is 36.8 Å². The highest BCUT2D eigenvalue weighted by Gasteiger charge is 2.34. The van der Waals surface area contributed by atoms with Crippen LogP contribution < -0.4 is 14.4 Å². The van der Waals surface area contributed by atoms with Gasteiger partial charge in [0.05, 0.1) is 19.1 Å². The van der Waals surface area contributed by atoms with Crippen molar-refractivity contribution in [3.8, 4) is 5.75 Å². The molecule has 3 aromatic carbocycles. The molecule has 0 aliphatic heterocycles. The summed E-state index contributed by atoms with van der Waals surface area (Å²) in [5.74, 6) is -0.254. The van der Waals surface area contributed by atoms with Crippen molar-refractivity contribution in [3.63, 3.8) is 0 Å². The number of ether oxygens (including phenoxy) is 1. The zero-order chi connectivity index (χ0) is 29.4. The molecule has 1 aliphatic rings. The molecule has 2 amide bonds. The molecule has 0 bridgehead atoms. The van der Waals surface area contributed by atoms with E-state index in [4.69, 9.17) is 4.74 Å². The van der Waals surface area contributed by atoms with E-state index >= 15 is 0 Å². The summed E-state index contributed by atoms with van der Waals surface area (Å²) in [6.07, 6.45) is 5.27. The largest absolute Gasteiger partial charge is 0.497 e. The van der Waals surface area contributed by atoms with E-state index in [1.54, 1.807) is 24.3 Å². The standard InChI is InChI=1S/C31H36BrN3O5S/c1-40-28-14-8-13-27(20-28)35(41(2,38)39)22-30(36)34(21-24-15-17-25(32)18-16-24)29(19-23-9-4-3-5-10-23)31(37)33-26-11-6-7-12-26/h3-5,8-10,13-18,20,26,29H,6-7,11-12,19,21-22H2,1-2H3,(H,33,37)/t29-/m1/s1. The van der Waals surface area contributed by atoms with E-state index < -0.39 is 28.5 Å². The zero-order valence-corrected chi connectivity index (χ0v) is 25.7. The Morgan fingerprint density at radius 3 is 2.29 bits per heavy atom. The number of nitrogens with one attached hydrogen (secondary N) is 1. The molecule has 1 N–H and O–H groups in total. The molecule has 41 heavy (non-hydrogen) atoms. The summed E-state index contributed by atoms with van der Waals surface area (Å²) in [7, 11) is -2.36. The summed E-state index contributed by atoms with van der Waals surface area (Å²) < 4.78 is 33.1. The molecule has 1 atom stereocenters. The molecule has 8 nitrogen and oxygen atoms in total. The van der Waals surface area contributed by atoms with Crippen LogP contribution in [0.15, 0.2) is 83.3 Å². The van der Waals surface area contributed by atoms with E-state index in [9.17, 15) is 18.0 Å². The van der Waals surface area contributed by atoms with Gasteiger partial charge in [-0.05, 0) is 48.2 Å². The molecule has 4 rings (SSSR count). The van der Waals surface area contributed by atoms with Crippen LogP contribution in [0.2, 0.25) is 0 Å². The predicted octanol–water partition coefficient (Wildman–Crippen LogP) is 4.92. The highest BCUT2D eigenvalue weighted by Crippen LogP contribution is 2.25. The molecule has 1 fully saturated rings. The third kappa shape index (κ3) is 8.56. The molecule has 1 aliphatic carbocycles. The van der Waals surface area contributed by atoms with E-state index in [0.29, 0.717) is 17.9 Å². The molecule has 10 heteroatoms. The Balaban J connectivity index is 1.72. The van der Waals surface area contributed by atoms with Crippen LogP contribution in [-0.2, 0) is 32.6 Å². The first-order valence-corrected chi connectivity index (χ1v) is 16.3. The number of anilines is 1. The number of hydrogen-bond acceptors (Lipinski definition) is 5. The zero-order valence-electron chi connectivity index (χ0n) is 23.3. The summed E-state index contributed by atoms with van der Waals surface area (Å²) in [5.41, 5.74) is 2.03. The lowest BCUT2D eigenvalue weighted by molar-refractivity contribution is -0.140. The average molecular weight is 643 g/mol. The quantitative estimate of drug-likeness (QED) is 0.303. The molecule has 218 valence electrons. The van der Waals surface area contributed by atoms with Crippen molar-refractivity contribution in [2.45, 2.75) is 50.7 Å². The van der Waals surface area contributed by atoms with Crippen LogP contribution in [0.4, 0.5) is 5.69 Å². The SMILES string of the molecule is COc1cccc(N(CC(=O)N(Cc2ccc(Br)cc2)[C@H](Cc2ccccc2)C(=O)NC2CCCC2)S(C)(=O)=O)c1. The molecule has 0 aromatic heterocycles. The van der Waals surface area contributed by atoms with E-state index in [1.165, 1.54) is 12.0 Å². The topological polar surface area (TPSA) is 96.0 Å². The number of carbonyl (C=O) groups excluding carboxylic acids is 2. The fourth-order valence-corrected chi connectivity index (χ4v) is 6.19. The van der Waals surface area contributed by atoms with Gasteiger partial charge in [-0.1, -0.05) is 77.3 Å². The average Bonchev–Trinajstić information content (AvgIpc) is 3.47. The van der Waals surface area contributed by atoms with Gasteiger partial charge < -0.3 is 15.0 Å². The second kappa shape index (κ2) is 14.0. The summed E-state index contributed by atoms with van der Waals surface area (Å²) in [6, 6.07) is 22.9. The summed E-state index contributed by atoms with van der Waals surface area (Å²) in [5, 5.41) is 3.17. The molecular weight excluding hydrogens is 606 g/mol. The summed E-state index contributed by atoms with van der Waals surface area (Å²) in [6.45, 7) is -0.331. The maximum Gasteiger partial charge on any atom is 0.244 e. The van der Waals surface area contributed by atoms with Crippen molar-refractivity contribution < 1.29 is 22.7 Å². The van der Waals surface area contributed by atoms with Gasteiger partial charge in [-0.25, -0.2) is 8.42 Å². The Morgan fingerprint density at radius 2 is 1.66 bits per heavy atom. The third-order valence-electron chi connectivity index (χ3n) is 7.26. The van der Waals surface area contributed by atoms with E-state index in [-0.39, 0.29) is 18.5 Å². The Labute approximate surface area is 250 Å². The van der Waals surface area contributed by atoms with Gasteiger partial charge in [-0.15, -0.1) is 0 Å². The smallest absolute Gasteiger partial charge is 0.244 e. The first-order valence-electron chi connectivity index (χ1n) is 13.6. The second-order valence-electron chi connectivity index (χ2n) is 10.3. The van der Waals surface area contributed by atoms with E-state index in [0.717, 1.165) is 51.8 Å². The number of benzene rings is 3. The number of carbonyl (C=O) groups is 2. The van der Waals surface area contributed by atoms with Crippen molar-refractivity contribution in [2.75, 3.05) is 24.2 Å². The molecule has 0 unspecified atom stereocenters. The van der Waals surface area contributed by atoms with Crippen LogP contribution in [0, 0.1) is 0 Å².